The normalized spacial score (nSPS) is 28.3. The van der Waals surface area contributed by atoms with E-state index < -0.39 is 0 Å². The van der Waals surface area contributed by atoms with Crippen molar-refractivity contribution in [3.8, 4) is 0 Å². The van der Waals surface area contributed by atoms with Crippen LogP contribution in [0.4, 0.5) is 0 Å². The van der Waals surface area contributed by atoms with Gasteiger partial charge < -0.3 is 10.6 Å². The maximum absolute atomic E-state index is 12.2. The van der Waals surface area contributed by atoms with Gasteiger partial charge in [0.05, 0.1) is 11.2 Å². The minimum atomic E-state index is -0.227. The van der Waals surface area contributed by atoms with Crippen molar-refractivity contribution < 1.29 is 4.79 Å². The SMILES string of the molecule is Cl.Cl.O=C1NC2(CCNCC2)NC12CCCCC2. The summed E-state index contributed by atoms with van der Waals surface area (Å²) in [6.45, 7) is 2.01. The minimum absolute atomic E-state index is 0. The summed E-state index contributed by atoms with van der Waals surface area (Å²) in [7, 11) is 0. The highest BCUT2D eigenvalue weighted by Gasteiger charge is 2.53. The molecular weight excluding hydrogens is 273 g/mol. The Morgan fingerprint density at radius 1 is 0.889 bits per heavy atom. The molecule has 0 aromatic heterocycles. The van der Waals surface area contributed by atoms with E-state index in [-0.39, 0.29) is 41.9 Å². The first kappa shape index (κ1) is 16.0. The van der Waals surface area contributed by atoms with Crippen molar-refractivity contribution >= 4 is 30.7 Å². The Kier molecular flexibility index (Phi) is 5.30. The molecule has 0 unspecified atom stereocenters. The smallest absolute Gasteiger partial charge is 0.241 e. The molecular formula is C12H23Cl2N3O. The lowest BCUT2D eigenvalue weighted by atomic mass is 9.81. The molecule has 0 bridgehead atoms. The predicted octanol–water partition coefficient (Wildman–Crippen LogP) is 1.33. The van der Waals surface area contributed by atoms with E-state index in [1.165, 1.54) is 19.3 Å². The Morgan fingerprint density at radius 3 is 2.11 bits per heavy atom. The molecule has 3 N–H and O–H groups in total. The summed E-state index contributed by atoms with van der Waals surface area (Å²) < 4.78 is 0. The Hall–Kier alpha value is -0.0300. The second kappa shape index (κ2) is 5.95. The van der Waals surface area contributed by atoms with Gasteiger partial charge >= 0.3 is 0 Å². The molecule has 6 heteroatoms. The van der Waals surface area contributed by atoms with Crippen molar-refractivity contribution in [2.24, 2.45) is 0 Å². The number of carbonyl (C=O) groups is 1. The van der Waals surface area contributed by atoms with Gasteiger partial charge in [-0.1, -0.05) is 19.3 Å². The van der Waals surface area contributed by atoms with Crippen molar-refractivity contribution in [3.63, 3.8) is 0 Å². The van der Waals surface area contributed by atoms with Gasteiger partial charge in [0.25, 0.3) is 0 Å². The molecule has 0 atom stereocenters. The van der Waals surface area contributed by atoms with Crippen LogP contribution in [0.3, 0.4) is 0 Å². The Bertz CT molecular complexity index is 300. The molecule has 106 valence electrons. The number of halogens is 2. The third-order valence-electron chi connectivity index (χ3n) is 4.43. The van der Waals surface area contributed by atoms with Crippen LogP contribution in [0.25, 0.3) is 0 Å². The van der Waals surface area contributed by atoms with Crippen molar-refractivity contribution in [1.29, 1.82) is 0 Å². The van der Waals surface area contributed by atoms with Gasteiger partial charge in [0.1, 0.15) is 0 Å². The van der Waals surface area contributed by atoms with Gasteiger partial charge in [-0.25, -0.2) is 0 Å². The molecule has 2 spiro atoms. The van der Waals surface area contributed by atoms with E-state index in [0.717, 1.165) is 38.8 Å². The van der Waals surface area contributed by atoms with E-state index in [4.69, 9.17) is 0 Å². The highest BCUT2D eigenvalue weighted by Crippen LogP contribution is 2.36. The molecule has 3 rings (SSSR count). The third kappa shape index (κ3) is 2.62. The molecule has 4 nitrogen and oxygen atoms in total. The number of hydrogen-bond acceptors (Lipinski definition) is 3. The Morgan fingerprint density at radius 2 is 1.50 bits per heavy atom. The topological polar surface area (TPSA) is 53.2 Å². The molecule has 0 aromatic carbocycles. The monoisotopic (exact) mass is 295 g/mol. The van der Waals surface area contributed by atoms with Crippen LogP contribution in [-0.4, -0.2) is 30.2 Å². The molecule has 0 radical (unpaired) electrons. The fourth-order valence-corrected chi connectivity index (χ4v) is 3.49. The van der Waals surface area contributed by atoms with Crippen LogP contribution in [0.5, 0.6) is 0 Å². The molecule has 2 aliphatic heterocycles. The van der Waals surface area contributed by atoms with Gasteiger partial charge in [-0.2, -0.15) is 0 Å². The van der Waals surface area contributed by atoms with Gasteiger partial charge in [-0.05, 0) is 38.8 Å². The maximum Gasteiger partial charge on any atom is 0.241 e. The van der Waals surface area contributed by atoms with Gasteiger partial charge in [0.2, 0.25) is 5.91 Å². The maximum atomic E-state index is 12.2. The first-order valence-electron chi connectivity index (χ1n) is 6.58. The van der Waals surface area contributed by atoms with Crippen LogP contribution < -0.4 is 16.0 Å². The lowest BCUT2D eigenvalue weighted by Crippen LogP contribution is -2.58. The van der Waals surface area contributed by atoms with Crippen molar-refractivity contribution in [3.05, 3.63) is 0 Å². The average molecular weight is 296 g/mol. The van der Waals surface area contributed by atoms with Crippen LogP contribution in [0.1, 0.15) is 44.9 Å². The van der Waals surface area contributed by atoms with Gasteiger partial charge in [-0.3, -0.25) is 10.1 Å². The number of hydrogen-bond donors (Lipinski definition) is 3. The second-order valence-electron chi connectivity index (χ2n) is 5.55. The van der Waals surface area contributed by atoms with E-state index in [1.807, 2.05) is 0 Å². The van der Waals surface area contributed by atoms with Crippen molar-refractivity contribution in [2.45, 2.75) is 56.1 Å². The number of rotatable bonds is 0. The fraction of sp³-hybridized carbons (Fsp3) is 0.917. The van der Waals surface area contributed by atoms with E-state index >= 15 is 0 Å². The third-order valence-corrected chi connectivity index (χ3v) is 4.43. The number of amides is 1. The lowest BCUT2D eigenvalue weighted by molar-refractivity contribution is -0.125. The summed E-state index contributed by atoms with van der Waals surface area (Å²) in [6, 6.07) is 0. The summed E-state index contributed by atoms with van der Waals surface area (Å²) in [5, 5.41) is 10.3. The molecule has 18 heavy (non-hydrogen) atoms. The lowest BCUT2D eigenvalue weighted by Gasteiger charge is -2.38. The summed E-state index contributed by atoms with van der Waals surface area (Å²) in [6.07, 6.45) is 7.73. The van der Waals surface area contributed by atoms with E-state index in [0.29, 0.717) is 0 Å². The van der Waals surface area contributed by atoms with Crippen LogP contribution in [0, 0.1) is 0 Å². The first-order valence-corrected chi connectivity index (χ1v) is 6.58. The quantitative estimate of drug-likeness (QED) is 0.632. The zero-order chi connectivity index (χ0) is 11.1. The highest BCUT2D eigenvalue weighted by atomic mass is 35.5. The Labute approximate surface area is 121 Å². The second-order valence-corrected chi connectivity index (χ2v) is 5.55. The fourth-order valence-electron chi connectivity index (χ4n) is 3.49. The predicted molar refractivity (Wildman–Crippen MR) is 76.4 cm³/mol. The molecule has 2 heterocycles. The van der Waals surface area contributed by atoms with E-state index in [9.17, 15) is 4.79 Å². The van der Waals surface area contributed by atoms with Crippen molar-refractivity contribution in [2.75, 3.05) is 13.1 Å². The molecule has 3 fully saturated rings. The molecule has 1 aliphatic carbocycles. The van der Waals surface area contributed by atoms with Crippen LogP contribution in [-0.2, 0) is 4.79 Å². The summed E-state index contributed by atoms with van der Waals surface area (Å²) in [5.74, 6) is 0.258. The molecule has 1 amide bonds. The number of carbonyl (C=O) groups excluding carboxylic acids is 1. The standard InChI is InChI=1S/C12H21N3O.2ClH/c16-10-11(4-2-1-3-5-11)15-12(14-10)6-8-13-9-7-12;;/h13,15H,1-9H2,(H,14,16);2*1H. The number of nitrogens with one attached hydrogen (secondary N) is 3. The van der Waals surface area contributed by atoms with Gasteiger partial charge in [0, 0.05) is 0 Å². The van der Waals surface area contributed by atoms with Crippen molar-refractivity contribution in [1.82, 2.24) is 16.0 Å². The summed E-state index contributed by atoms with van der Waals surface area (Å²) >= 11 is 0. The molecule has 0 aromatic rings. The van der Waals surface area contributed by atoms with Crippen LogP contribution in [0.2, 0.25) is 0 Å². The Balaban J connectivity index is 0.000000810. The summed E-state index contributed by atoms with van der Waals surface area (Å²) in [5.41, 5.74) is -0.324. The van der Waals surface area contributed by atoms with Gasteiger partial charge in [-0.15, -0.1) is 24.8 Å². The highest BCUT2D eigenvalue weighted by molar-refractivity contribution is 5.89. The largest absolute Gasteiger partial charge is 0.336 e. The number of piperidine rings is 1. The zero-order valence-corrected chi connectivity index (χ0v) is 12.2. The van der Waals surface area contributed by atoms with E-state index in [1.54, 1.807) is 0 Å². The summed E-state index contributed by atoms with van der Waals surface area (Å²) in [4.78, 5) is 12.2. The first-order chi connectivity index (χ1) is 7.75. The molecule has 2 saturated heterocycles. The average Bonchev–Trinajstić information content (AvgIpc) is 2.54. The molecule has 1 saturated carbocycles. The van der Waals surface area contributed by atoms with E-state index in [2.05, 4.69) is 16.0 Å². The van der Waals surface area contributed by atoms with Gasteiger partial charge in [0.15, 0.2) is 0 Å². The van der Waals surface area contributed by atoms with Crippen LogP contribution in [0.15, 0.2) is 0 Å². The van der Waals surface area contributed by atoms with Crippen LogP contribution >= 0.6 is 24.8 Å². The minimum Gasteiger partial charge on any atom is -0.336 e. The molecule has 3 aliphatic rings. The zero-order valence-electron chi connectivity index (χ0n) is 10.6.